The summed E-state index contributed by atoms with van der Waals surface area (Å²) < 4.78 is 10.7. The molecule has 0 radical (unpaired) electrons. The molecule has 126 valence electrons. The Kier molecular flexibility index (Phi) is 6.52. The summed E-state index contributed by atoms with van der Waals surface area (Å²) in [5.74, 6) is 1.06. The van der Waals surface area contributed by atoms with Crippen molar-refractivity contribution in [2.24, 2.45) is 0 Å². The monoisotopic (exact) mass is 320 g/mol. The maximum Gasteiger partial charge on any atom is 0.265 e. The zero-order chi connectivity index (χ0) is 16.7. The number of aliphatic hydroxyl groups is 1. The minimum absolute atomic E-state index is 0.284. The third-order valence-corrected chi connectivity index (χ3v) is 3.21. The van der Waals surface area contributed by atoms with Gasteiger partial charge in [-0.2, -0.15) is 4.98 Å². The molecule has 0 saturated carbocycles. The van der Waals surface area contributed by atoms with Crippen molar-refractivity contribution in [3.05, 3.63) is 41.8 Å². The first-order valence-electron chi connectivity index (χ1n) is 7.53. The van der Waals surface area contributed by atoms with Crippen LogP contribution in [0.5, 0.6) is 0 Å². The van der Waals surface area contributed by atoms with E-state index in [0.29, 0.717) is 31.5 Å². The van der Waals surface area contributed by atoms with Gasteiger partial charge in [-0.25, -0.2) is 0 Å². The molecule has 0 fully saturated rings. The second-order valence-corrected chi connectivity index (χ2v) is 5.73. The summed E-state index contributed by atoms with van der Waals surface area (Å²) in [6.07, 6.45) is -0.569. The largest absolute Gasteiger partial charge is 0.389 e. The van der Waals surface area contributed by atoms with Crippen molar-refractivity contribution < 1.29 is 14.4 Å². The zero-order valence-electron chi connectivity index (χ0n) is 13.8. The van der Waals surface area contributed by atoms with Gasteiger partial charge in [0.05, 0.1) is 25.9 Å². The van der Waals surface area contributed by atoms with Crippen molar-refractivity contribution >= 4 is 5.95 Å². The van der Waals surface area contributed by atoms with Gasteiger partial charge in [0, 0.05) is 20.6 Å². The second kappa shape index (κ2) is 8.61. The van der Waals surface area contributed by atoms with Gasteiger partial charge in [-0.15, -0.1) is 0 Å². The Hall–Kier alpha value is -1.96. The number of likely N-dealkylation sites (N-methyl/N-ethyl adjacent to an activating group) is 1. The Morgan fingerprint density at radius 1 is 1.22 bits per heavy atom. The quantitative estimate of drug-likeness (QED) is 0.742. The second-order valence-electron chi connectivity index (χ2n) is 5.73. The van der Waals surface area contributed by atoms with E-state index in [-0.39, 0.29) is 6.61 Å². The molecule has 7 nitrogen and oxygen atoms in total. The van der Waals surface area contributed by atoms with E-state index in [0.717, 1.165) is 5.56 Å². The van der Waals surface area contributed by atoms with Crippen LogP contribution in [0.2, 0.25) is 0 Å². The molecule has 1 aromatic carbocycles. The summed E-state index contributed by atoms with van der Waals surface area (Å²) in [7, 11) is 5.60. The van der Waals surface area contributed by atoms with Crippen LogP contribution in [0.15, 0.2) is 34.9 Å². The van der Waals surface area contributed by atoms with E-state index >= 15 is 0 Å². The number of ether oxygens (including phenoxy) is 1. The molecule has 1 N–H and O–H groups in total. The number of hydrogen-bond acceptors (Lipinski definition) is 7. The lowest BCUT2D eigenvalue weighted by Crippen LogP contribution is -2.32. The van der Waals surface area contributed by atoms with E-state index in [1.165, 1.54) is 0 Å². The van der Waals surface area contributed by atoms with Crippen LogP contribution in [0.25, 0.3) is 0 Å². The number of hydrogen-bond donors (Lipinski definition) is 1. The van der Waals surface area contributed by atoms with Gasteiger partial charge in [0.25, 0.3) is 5.95 Å². The molecular weight excluding hydrogens is 296 g/mol. The average Bonchev–Trinajstić information content (AvgIpc) is 2.97. The predicted molar refractivity (Wildman–Crippen MR) is 87.1 cm³/mol. The number of aliphatic hydroxyl groups excluding tert-OH is 1. The zero-order valence-corrected chi connectivity index (χ0v) is 13.8. The molecule has 2 aromatic rings. The topological polar surface area (TPSA) is 74.9 Å². The lowest BCUT2D eigenvalue weighted by molar-refractivity contribution is 0.0115. The highest BCUT2D eigenvalue weighted by molar-refractivity contribution is 5.23. The Balaban J connectivity index is 1.68. The van der Waals surface area contributed by atoms with Crippen LogP contribution in [-0.4, -0.2) is 60.5 Å². The third kappa shape index (κ3) is 5.97. The predicted octanol–water partition coefficient (Wildman–Crippen LogP) is 1.15. The highest BCUT2D eigenvalue weighted by Gasteiger charge is 2.13. The Labute approximate surface area is 136 Å². The summed E-state index contributed by atoms with van der Waals surface area (Å²) in [5.41, 5.74) is 1.09. The van der Waals surface area contributed by atoms with Crippen molar-refractivity contribution in [3.63, 3.8) is 0 Å². The summed E-state index contributed by atoms with van der Waals surface area (Å²) in [6, 6.07) is 9.89. The van der Waals surface area contributed by atoms with Crippen LogP contribution in [0, 0.1) is 0 Å². The van der Waals surface area contributed by atoms with Crippen LogP contribution in [0.4, 0.5) is 5.95 Å². The van der Waals surface area contributed by atoms with Gasteiger partial charge in [0.1, 0.15) is 0 Å². The molecule has 2 rings (SSSR count). The molecule has 1 heterocycles. The van der Waals surface area contributed by atoms with Crippen LogP contribution < -0.4 is 4.90 Å². The van der Waals surface area contributed by atoms with E-state index in [1.54, 1.807) is 4.90 Å². The van der Waals surface area contributed by atoms with Gasteiger partial charge in [-0.05, 0) is 17.8 Å². The van der Waals surface area contributed by atoms with Gasteiger partial charge >= 0.3 is 0 Å². The van der Waals surface area contributed by atoms with E-state index in [4.69, 9.17) is 9.26 Å². The normalized spacial score (nSPS) is 12.6. The van der Waals surface area contributed by atoms with Gasteiger partial charge < -0.3 is 19.3 Å². The van der Waals surface area contributed by atoms with Crippen LogP contribution in [-0.2, 0) is 17.9 Å². The van der Waals surface area contributed by atoms with Crippen LogP contribution in [0.1, 0.15) is 11.5 Å². The highest BCUT2D eigenvalue weighted by atomic mass is 16.5. The lowest BCUT2D eigenvalue weighted by Gasteiger charge is -2.18. The van der Waals surface area contributed by atoms with E-state index in [1.807, 2.05) is 56.4 Å². The SMILES string of the molecule is CN(Cc1nc(N(C)C)no1)C[C@@H](O)COCc1ccccc1. The van der Waals surface area contributed by atoms with E-state index in [2.05, 4.69) is 10.1 Å². The van der Waals surface area contributed by atoms with Crippen LogP contribution in [0.3, 0.4) is 0 Å². The molecule has 1 aromatic heterocycles. The number of benzene rings is 1. The van der Waals surface area contributed by atoms with E-state index < -0.39 is 6.10 Å². The lowest BCUT2D eigenvalue weighted by atomic mass is 10.2. The van der Waals surface area contributed by atoms with Crippen molar-refractivity contribution in [3.8, 4) is 0 Å². The smallest absolute Gasteiger partial charge is 0.265 e. The minimum Gasteiger partial charge on any atom is -0.389 e. The summed E-state index contributed by atoms with van der Waals surface area (Å²) in [6.45, 7) is 1.73. The summed E-state index contributed by atoms with van der Waals surface area (Å²) in [5, 5.41) is 13.9. The molecule has 0 aliphatic rings. The van der Waals surface area contributed by atoms with Crippen molar-refractivity contribution in [2.75, 3.05) is 39.2 Å². The van der Waals surface area contributed by atoms with Gasteiger partial charge in [0.15, 0.2) is 0 Å². The maximum absolute atomic E-state index is 10.0. The number of aromatic nitrogens is 2. The Bertz CT molecular complexity index is 574. The summed E-state index contributed by atoms with van der Waals surface area (Å²) >= 11 is 0. The molecule has 23 heavy (non-hydrogen) atoms. The van der Waals surface area contributed by atoms with E-state index in [9.17, 15) is 5.11 Å². The first kappa shape index (κ1) is 17.4. The molecule has 0 aliphatic heterocycles. The van der Waals surface area contributed by atoms with Gasteiger partial charge in [0.2, 0.25) is 5.89 Å². The Morgan fingerprint density at radius 3 is 2.61 bits per heavy atom. The van der Waals surface area contributed by atoms with Crippen molar-refractivity contribution in [1.29, 1.82) is 0 Å². The number of anilines is 1. The third-order valence-electron chi connectivity index (χ3n) is 3.21. The molecule has 7 heteroatoms. The molecule has 0 unspecified atom stereocenters. The maximum atomic E-state index is 10.0. The van der Waals surface area contributed by atoms with Crippen molar-refractivity contribution in [1.82, 2.24) is 15.0 Å². The fraction of sp³-hybridized carbons (Fsp3) is 0.500. The average molecular weight is 320 g/mol. The van der Waals surface area contributed by atoms with Crippen LogP contribution >= 0.6 is 0 Å². The molecule has 0 amide bonds. The molecular formula is C16H24N4O3. The molecule has 1 atom stereocenters. The highest BCUT2D eigenvalue weighted by Crippen LogP contribution is 2.08. The van der Waals surface area contributed by atoms with Crippen molar-refractivity contribution in [2.45, 2.75) is 19.3 Å². The standard InChI is InChI=1S/C16H24N4O3/c1-19(2)16-17-15(23-18-16)10-20(3)9-14(21)12-22-11-13-7-5-4-6-8-13/h4-8,14,21H,9-12H2,1-3H3/t14-/m1/s1. The molecule has 0 aliphatic carbocycles. The number of nitrogens with zero attached hydrogens (tertiary/aromatic N) is 4. The minimum atomic E-state index is -0.569. The molecule has 0 saturated heterocycles. The van der Waals surface area contributed by atoms with Gasteiger partial charge in [-0.3, -0.25) is 4.90 Å². The molecule has 0 spiro atoms. The fourth-order valence-corrected chi connectivity index (χ4v) is 2.09. The van der Waals surface area contributed by atoms with Gasteiger partial charge in [-0.1, -0.05) is 30.3 Å². The Morgan fingerprint density at radius 2 is 1.96 bits per heavy atom. The first-order valence-corrected chi connectivity index (χ1v) is 7.53. The molecule has 0 bridgehead atoms. The fourth-order valence-electron chi connectivity index (χ4n) is 2.09. The first-order chi connectivity index (χ1) is 11.0. The number of rotatable bonds is 9. The summed E-state index contributed by atoms with van der Waals surface area (Å²) in [4.78, 5) is 7.95.